The van der Waals surface area contributed by atoms with Crippen LogP contribution in [-0.2, 0) is 25.6 Å². The average molecular weight is 554 g/mol. The van der Waals surface area contributed by atoms with Gasteiger partial charge in [-0.3, -0.25) is 19.2 Å². The van der Waals surface area contributed by atoms with Crippen molar-refractivity contribution in [1.29, 1.82) is 0 Å². The Bertz CT molecular complexity index is 1070. The summed E-state index contributed by atoms with van der Waals surface area (Å²) in [5.41, 5.74) is 0.824. The predicted octanol–water partition coefficient (Wildman–Crippen LogP) is 1.32. The fraction of sp³-hybridized carbons (Fsp3) is 0.667. The zero-order chi connectivity index (χ0) is 28.2. The van der Waals surface area contributed by atoms with Gasteiger partial charge < -0.3 is 30.9 Å². The van der Waals surface area contributed by atoms with Gasteiger partial charge in [0, 0.05) is 26.1 Å². The highest BCUT2D eigenvalue weighted by Gasteiger charge is 2.40. The number of nitrogens with one attached hydrogen (secondary N) is 3. The molecule has 1 aliphatic carbocycles. The minimum absolute atomic E-state index is 0.0435. The first-order chi connectivity index (χ1) is 19.3. The number of rotatable bonds is 8. The third-order valence-electron chi connectivity index (χ3n) is 9.23. The molecule has 4 aliphatic rings. The Labute approximate surface area is 236 Å². The van der Waals surface area contributed by atoms with Crippen LogP contribution < -0.4 is 16.0 Å². The van der Waals surface area contributed by atoms with Crippen molar-refractivity contribution in [3.05, 3.63) is 29.8 Å². The van der Waals surface area contributed by atoms with Crippen LogP contribution in [0.4, 0.5) is 0 Å². The van der Waals surface area contributed by atoms with Gasteiger partial charge in [-0.25, -0.2) is 0 Å². The molecule has 3 aliphatic heterocycles. The van der Waals surface area contributed by atoms with Crippen molar-refractivity contribution in [2.75, 3.05) is 26.2 Å². The van der Waals surface area contributed by atoms with Gasteiger partial charge in [-0.2, -0.15) is 0 Å². The van der Waals surface area contributed by atoms with E-state index in [1.165, 1.54) is 12.8 Å². The highest BCUT2D eigenvalue weighted by Crippen LogP contribution is 2.36. The first kappa shape index (κ1) is 28.4. The number of phenolic OH excluding ortho intramolecular Hbond substituents is 1. The molecule has 10 nitrogen and oxygen atoms in total. The van der Waals surface area contributed by atoms with Crippen molar-refractivity contribution >= 4 is 23.6 Å². The molecule has 40 heavy (non-hydrogen) atoms. The molecule has 4 fully saturated rings. The molecule has 10 heteroatoms. The number of likely N-dealkylation sites (tertiary alicyclic amines) is 2. The molecule has 0 bridgehead atoms. The molecular formula is C30H43N5O5. The number of hydrogen-bond acceptors (Lipinski definition) is 6. The second-order valence-corrected chi connectivity index (χ2v) is 12.0. The Kier molecular flexibility index (Phi) is 8.93. The van der Waals surface area contributed by atoms with Crippen molar-refractivity contribution in [2.24, 2.45) is 11.8 Å². The molecule has 3 saturated heterocycles. The van der Waals surface area contributed by atoms with Gasteiger partial charge in [-0.1, -0.05) is 25.0 Å². The van der Waals surface area contributed by atoms with Gasteiger partial charge in [-0.05, 0) is 81.5 Å². The van der Waals surface area contributed by atoms with E-state index < -0.39 is 24.0 Å². The topological polar surface area (TPSA) is 131 Å². The van der Waals surface area contributed by atoms with Gasteiger partial charge in [0.25, 0.3) is 0 Å². The first-order valence-corrected chi connectivity index (χ1v) is 15.0. The number of aromatic hydroxyl groups is 1. The van der Waals surface area contributed by atoms with Crippen LogP contribution in [0.5, 0.6) is 5.75 Å². The van der Waals surface area contributed by atoms with Gasteiger partial charge in [-0.15, -0.1) is 0 Å². The fourth-order valence-electron chi connectivity index (χ4n) is 6.94. The summed E-state index contributed by atoms with van der Waals surface area (Å²) < 4.78 is 0. The summed E-state index contributed by atoms with van der Waals surface area (Å²) in [4.78, 5) is 56.7. The number of carbonyl (C=O) groups is 4. The van der Waals surface area contributed by atoms with Crippen molar-refractivity contribution in [1.82, 2.24) is 25.8 Å². The van der Waals surface area contributed by atoms with Gasteiger partial charge in [0.2, 0.25) is 23.6 Å². The van der Waals surface area contributed by atoms with E-state index in [4.69, 9.17) is 0 Å². The van der Waals surface area contributed by atoms with Crippen molar-refractivity contribution in [3.8, 4) is 5.75 Å². The lowest BCUT2D eigenvalue weighted by atomic mass is 9.82. The maximum atomic E-state index is 13.7. The molecule has 4 N–H and O–H groups in total. The summed E-state index contributed by atoms with van der Waals surface area (Å²) in [5.74, 6) is 0.268. The zero-order valence-corrected chi connectivity index (χ0v) is 23.4. The number of nitrogens with zero attached hydrogens (tertiary/aromatic N) is 2. The minimum atomic E-state index is -0.870. The molecule has 0 spiro atoms. The third kappa shape index (κ3) is 6.43. The number of carbonyl (C=O) groups excluding carboxylic acids is 4. The van der Waals surface area contributed by atoms with Crippen LogP contribution in [0.25, 0.3) is 0 Å². The van der Waals surface area contributed by atoms with E-state index in [-0.39, 0.29) is 35.9 Å². The van der Waals surface area contributed by atoms with E-state index in [9.17, 15) is 24.3 Å². The van der Waals surface area contributed by atoms with Crippen LogP contribution in [0.2, 0.25) is 0 Å². The molecule has 218 valence electrons. The van der Waals surface area contributed by atoms with E-state index in [1.807, 2.05) is 4.90 Å². The van der Waals surface area contributed by atoms with Crippen LogP contribution in [-0.4, -0.2) is 88.9 Å². The maximum absolute atomic E-state index is 13.7. The average Bonchev–Trinajstić information content (AvgIpc) is 3.73. The zero-order valence-electron chi connectivity index (χ0n) is 23.4. The molecule has 1 aromatic rings. The van der Waals surface area contributed by atoms with Crippen molar-refractivity contribution in [3.63, 3.8) is 0 Å². The van der Waals surface area contributed by atoms with E-state index in [0.29, 0.717) is 24.8 Å². The largest absolute Gasteiger partial charge is 0.508 e. The van der Waals surface area contributed by atoms with E-state index in [1.54, 1.807) is 36.1 Å². The Morgan fingerprint density at radius 1 is 0.950 bits per heavy atom. The predicted molar refractivity (Wildman–Crippen MR) is 149 cm³/mol. The Hall–Kier alpha value is -3.14. The van der Waals surface area contributed by atoms with Crippen LogP contribution in [0, 0.1) is 11.8 Å². The number of fused-ring (bicyclic) bond motifs is 1. The van der Waals surface area contributed by atoms with Crippen LogP contribution in [0.1, 0.15) is 63.9 Å². The lowest BCUT2D eigenvalue weighted by Gasteiger charge is -2.28. The molecule has 4 amide bonds. The molecule has 3 heterocycles. The molecule has 6 atom stereocenters. The van der Waals surface area contributed by atoms with Crippen LogP contribution in [0.15, 0.2) is 24.3 Å². The minimum Gasteiger partial charge on any atom is -0.508 e. The molecule has 1 saturated carbocycles. The number of benzene rings is 1. The Balaban J connectivity index is 1.22. The van der Waals surface area contributed by atoms with E-state index >= 15 is 0 Å². The van der Waals surface area contributed by atoms with Crippen LogP contribution >= 0.6 is 0 Å². The first-order valence-electron chi connectivity index (χ1n) is 15.0. The molecule has 5 rings (SSSR count). The van der Waals surface area contributed by atoms with Gasteiger partial charge in [0.1, 0.15) is 23.9 Å². The highest BCUT2D eigenvalue weighted by molar-refractivity contribution is 5.95. The molecule has 6 unspecified atom stereocenters. The maximum Gasteiger partial charge on any atom is 0.245 e. The van der Waals surface area contributed by atoms with Gasteiger partial charge in [0.15, 0.2) is 0 Å². The lowest BCUT2D eigenvalue weighted by Crippen LogP contribution is -2.57. The fourth-order valence-corrected chi connectivity index (χ4v) is 6.94. The quantitative estimate of drug-likeness (QED) is 0.384. The Morgan fingerprint density at radius 3 is 2.30 bits per heavy atom. The molecule has 1 aromatic carbocycles. The standard InChI is InChI=1S/C30H43N5O5/c1-19(32-28(38)26-9-5-15-35(26)30(40)24-8-4-14-31-24)27(37)33-25(16-20-10-12-23(36)13-11-20)29(39)34-17-21-6-2-3-7-22(21)18-34/h10-13,19,21-22,24-26,31,36H,2-9,14-18H2,1H3,(H,32,38)(H,33,37). The summed E-state index contributed by atoms with van der Waals surface area (Å²) in [6.45, 7) is 4.40. The second-order valence-electron chi connectivity index (χ2n) is 12.0. The van der Waals surface area contributed by atoms with Crippen molar-refractivity contribution in [2.45, 2.75) is 88.9 Å². The van der Waals surface area contributed by atoms with Gasteiger partial charge >= 0.3 is 0 Å². The Morgan fingerprint density at radius 2 is 1.65 bits per heavy atom. The summed E-state index contributed by atoms with van der Waals surface area (Å²) in [5, 5.41) is 18.6. The normalized spacial score (nSPS) is 27.6. The SMILES string of the molecule is CC(NC(=O)C1CCCN1C(=O)C1CCCN1)C(=O)NC(Cc1ccc(O)cc1)C(=O)N1CC2CCCCC2C1. The summed E-state index contributed by atoms with van der Waals surface area (Å²) >= 11 is 0. The summed E-state index contributed by atoms with van der Waals surface area (Å²) in [7, 11) is 0. The lowest BCUT2D eigenvalue weighted by molar-refractivity contribution is -0.141. The summed E-state index contributed by atoms with van der Waals surface area (Å²) in [6.07, 6.45) is 8.02. The number of phenols is 1. The number of hydrogen-bond donors (Lipinski definition) is 4. The van der Waals surface area contributed by atoms with Gasteiger partial charge in [0.05, 0.1) is 6.04 Å². The summed E-state index contributed by atoms with van der Waals surface area (Å²) in [6, 6.07) is 4.16. The smallest absolute Gasteiger partial charge is 0.245 e. The molecular weight excluding hydrogens is 510 g/mol. The van der Waals surface area contributed by atoms with Crippen molar-refractivity contribution < 1.29 is 24.3 Å². The monoisotopic (exact) mass is 553 g/mol. The second kappa shape index (κ2) is 12.6. The van der Waals surface area contributed by atoms with E-state index in [0.717, 1.165) is 57.3 Å². The molecule has 0 radical (unpaired) electrons. The number of amides is 4. The van der Waals surface area contributed by atoms with E-state index in [2.05, 4.69) is 16.0 Å². The molecule has 0 aromatic heterocycles. The highest BCUT2D eigenvalue weighted by atomic mass is 16.3. The van der Waals surface area contributed by atoms with Crippen LogP contribution in [0.3, 0.4) is 0 Å². The third-order valence-corrected chi connectivity index (χ3v) is 9.23.